The van der Waals surface area contributed by atoms with Crippen LogP contribution in [-0.4, -0.2) is 28.8 Å². The molecule has 1 aromatic heterocycles. The summed E-state index contributed by atoms with van der Waals surface area (Å²) in [5.41, 5.74) is 5.26. The normalized spacial score (nSPS) is 10.7. The molecule has 0 saturated heterocycles. The van der Waals surface area contributed by atoms with Crippen LogP contribution in [0.15, 0.2) is 30.6 Å². The van der Waals surface area contributed by atoms with Gasteiger partial charge in [0, 0.05) is 38.4 Å². The quantitative estimate of drug-likeness (QED) is 0.641. The zero-order valence-corrected chi connectivity index (χ0v) is 8.60. The second-order valence-electron chi connectivity index (χ2n) is 3.03. The summed E-state index contributed by atoms with van der Waals surface area (Å²) in [7, 11) is 0. The summed E-state index contributed by atoms with van der Waals surface area (Å²) in [6.07, 6.45) is 7.63. The molecular weight excluding hydrogens is 192 g/mol. The number of nitrogens with zero attached hydrogens (tertiary/aromatic N) is 2. The van der Waals surface area contributed by atoms with Crippen LogP contribution in [0.25, 0.3) is 0 Å². The van der Waals surface area contributed by atoms with Gasteiger partial charge in [0.15, 0.2) is 0 Å². The average Bonchev–Trinajstić information content (AvgIpc) is 2.74. The highest BCUT2D eigenvalue weighted by atomic mass is 16.1. The number of nitrogens with one attached hydrogen (secondary N) is 1. The maximum absolute atomic E-state index is 11.3. The molecule has 0 saturated carbocycles. The Bertz CT molecular complexity index is 305. The summed E-state index contributed by atoms with van der Waals surface area (Å²) < 4.78 is 1.73. The summed E-state index contributed by atoms with van der Waals surface area (Å²) in [6.45, 7) is 1.65. The number of nitrogens with two attached hydrogens (primary N) is 1. The minimum absolute atomic E-state index is 0.0205. The van der Waals surface area contributed by atoms with Gasteiger partial charge in [-0.3, -0.25) is 9.48 Å². The lowest BCUT2D eigenvalue weighted by Crippen LogP contribution is -2.24. The minimum Gasteiger partial charge on any atom is -0.353 e. The highest BCUT2D eigenvalue weighted by molar-refractivity contribution is 5.75. The Morgan fingerprint density at radius 1 is 1.53 bits per heavy atom. The monoisotopic (exact) mass is 208 g/mol. The number of carbonyl (C=O) groups is 1. The summed E-state index contributed by atoms with van der Waals surface area (Å²) in [5.74, 6) is 0.0205. The summed E-state index contributed by atoms with van der Waals surface area (Å²) >= 11 is 0. The molecule has 15 heavy (non-hydrogen) atoms. The second-order valence-corrected chi connectivity index (χ2v) is 3.03. The van der Waals surface area contributed by atoms with Gasteiger partial charge < -0.3 is 11.1 Å². The summed E-state index contributed by atoms with van der Waals surface area (Å²) in [6, 6.07) is 1.84. The van der Waals surface area contributed by atoms with Crippen LogP contribution < -0.4 is 11.1 Å². The molecule has 5 heteroatoms. The molecule has 1 heterocycles. The first kappa shape index (κ1) is 11.5. The zero-order valence-electron chi connectivity index (χ0n) is 8.60. The molecule has 1 rings (SSSR count). The van der Waals surface area contributed by atoms with Crippen molar-refractivity contribution in [1.82, 2.24) is 15.1 Å². The standard InChI is InChI=1S/C10H16N4O/c11-5-1-2-6-12-10(15)4-9-14-8-3-7-13-14/h1-3,7-8H,4-6,9,11H2,(H,12,15)/b2-1+. The number of rotatable bonds is 6. The Morgan fingerprint density at radius 3 is 3.07 bits per heavy atom. The molecular formula is C10H16N4O. The Balaban J connectivity index is 2.11. The fourth-order valence-electron chi connectivity index (χ4n) is 1.09. The van der Waals surface area contributed by atoms with E-state index in [4.69, 9.17) is 5.73 Å². The Morgan fingerprint density at radius 2 is 2.40 bits per heavy atom. The molecule has 1 amide bonds. The first-order valence-corrected chi connectivity index (χ1v) is 4.92. The van der Waals surface area contributed by atoms with Crippen LogP contribution in [-0.2, 0) is 11.3 Å². The van der Waals surface area contributed by atoms with Gasteiger partial charge in [-0.25, -0.2) is 0 Å². The Kier molecular flexibility index (Phi) is 5.18. The van der Waals surface area contributed by atoms with E-state index in [1.165, 1.54) is 0 Å². The first-order valence-electron chi connectivity index (χ1n) is 4.92. The molecule has 1 aromatic rings. The molecule has 0 unspecified atom stereocenters. The molecule has 0 bridgehead atoms. The fourth-order valence-corrected chi connectivity index (χ4v) is 1.09. The van der Waals surface area contributed by atoms with Crippen molar-refractivity contribution in [2.45, 2.75) is 13.0 Å². The van der Waals surface area contributed by atoms with Crippen LogP contribution >= 0.6 is 0 Å². The minimum atomic E-state index is 0.0205. The molecule has 5 nitrogen and oxygen atoms in total. The van der Waals surface area contributed by atoms with Crippen LogP contribution in [0.5, 0.6) is 0 Å². The van der Waals surface area contributed by atoms with E-state index in [9.17, 15) is 4.79 Å². The van der Waals surface area contributed by atoms with Crippen molar-refractivity contribution in [2.75, 3.05) is 13.1 Å². The highest BCUT2D eigenvalue weighted by Gasteiger charge is 1.99. The highest BCUT2D eigenvalue weighted by Crippen LogP contribution is 1.89. The van der Waals surface area contributed by atoms with Crippen molar-refractivity contribution in [2.24, 2.45) is 5.73 Å². The van der Waals surface area contributed by atoms with Crippen molar-refractivity contribution >= 4 is 5.91 Å². The summed E-state index contributed by atoms with van der Waals surface area (Å²) in [5, 5.41) is 6.76. The van der Waals surface area contributed by atoms with Gasteiger partial charge in [-0.1, -0.05) is 12.2 Å². The van der Waals surface area contributed by atoms with Gasteiger partial charge in [-0.15, -0.1) is 0 Å². The van der Waals surface area contributed by atoms with E-state index in [-0.39, 0.29) is 5.91 Å². The van der Waals surface area contributed by atoms with E-state index in [1.807, 2.05) is 24.4 Å². The number of hydrogen-bond donors (Lipinski definition) is 2. The van der Waals surface area contributed by atoms with E-state index in [1.54, 1.807) is 10.9 Å². The van der Waals surface area contributed by atoms with Crippen molar-refractivity contribution in [3.63, 3.8) is 0 Å². The van der Waals surface area contributed by atoms with Crippen LogP contribution in [0.1, 0.15) is 6.42 Å². The largest absolute Gasteiger partial charge is 0.353 e. The van der Waals surface area contributed by atoms with Crippen molar-refractivity contribution in [1.29, 1.82) is 0 Å². The van der Waals surface area contributed by atoms with Gasteiger partial charge in [-0.2, -0.15) is 5.10 Å². The third-order valence-corrected chi connectivity index (χ3v) is 1.85. The lowest BCUT2D eigenvalue weighted by atomic mass is 10.4. The average molecular weight is 208 g/mol. The number of hydrogen-bond acceptors (Lipinski definition) is 3. The van der Waals surface area contributed by atoms with Crippen molar-refractivity contribution in [3.05, 3.63) is 30.6 Å². The lowest BCUT2D eigenvalue weighted by Gasteiger charge is -2.02. The van der Waals surface area contributed by atoms with Crippen LogP contribution in [0.4, 0.5) is 0 Å². The molecule has 0 aliphatic carbocycles. The van der Waals surface area contributed by atoms with E-state index in [0.717, 1.165) is 0 Å². The maximum Gasteiger partial charge on any atom is 0.222 e. The molecule has 0 atom stereocenters. The third-order valence-electron chi connectivity index (χ3n) is 1.85. The predicted octanol–water partition coefficient (Wildman–Crippen LogP) is -0.0957. The van der Waals surface area contributed by atoms with Crippen molar-refractivity contribution in [3.8, 4) is 0 Å². The number of amides is 1. The second kappa shape index (κ2) is 6.78. The number of aryl methyl sites for hydroxylation is 1. The molecule has 0 spiro atoms. The molecule has 0 fully saturated rings. The molecule has 0 radical (unpaired) electrons. The SMILES string of the molecule is NC/C=C/CNC(=O)CCn1cccn1. The van der Waals surface area contributed by atoms with Gasteiger partial charge in [0.2, 0.25) is 5.91 Å². The molecule has 0 aromatic carbocycles. The third kappa shape index (κ3) is 4.97. The number of carbonyl (C=O) groups excluding carboxylic acids is 1. The maximum atomic E-state index is 11.3. The molecule has 0 aliphatic heterocycles. The van der Waals surface area contributed by atoms with Gasteiger partial charge in [0.25, 0.3) is 0 Å². The topological polar surface area (TPSA) is 72.9 Å². The van der Waals surface area contributed by atoms with Gasteiger partial charge in [0.05, 0.1) is 0 Å². The smallest absolute Gasteiger partial charge is 0.222 e. The van der Waals surface area contributed by atoms with E-state index in [2.05, 4.69) is 10.4 Å². The van der Waals surface area contributed by atoms with E-state index < -0.39 is 0 Å². The Hall–Kier alpha value is -1.62. The van der Waals surface area contributed by atoms with Gasteiger partial charge in [0.1, 0.15) is 0 Å². The molecule has 82 valence electrons. The van der Waals surface area contributed by atoms with Crippen LogP contribution in [0.3, 0.4) is 0 Å². The molecule has 0 aliphatic rings. The summed E-state index contributed by atoms with van der Waals surface area (Å²) in [4.78, 5) is 11.3. The van der Waals surface area contributed by atoms with Crippen LogP contribution in [0, 0.1) is 0 Å². The fraction of sp³-hybridized carbons (Fsp3) is 0.400. The lowest BCUT2D eigenvalue weighted by molar-refractivity contribution is -0.121. The Labute approximate surface area is 89.0 Å². The first-order chi connectivity index (χ1) is 7.33. The van der Waals surface area contributed by atoms with Gasteiger partial charge >= 0.3 is 0 Å². The molecule has 3 N–H and O–H groups in total. The number of aromatic nitrogens is 2. The predicted molar refractivity (Wildman–Crippen MR) is 58.0 cm³/mol. The van der Waals surface area contributed by atoms with Gasteiger partial charge in [-0.05, 0) is 6.07 Å². The zero-order chi connectivity index (χ0) is 10.9. The van der Waals surface area contributed by atoms with E-state index >= 15 is 0 Å². The van der Waals surface area contributed by atoms with Crippen LogP contribution in [0.2, 0.25) is 0 Å². The van der Waals surface area contributed by atoms with E-state index in [0.29, 0.717) is 26.1 Å². The van der Waals surface area contributed by atoms with Crippen molar-refractivity contribution < 1.29 is 4.79 Å².